The zero-order valence-electron chi connectivity index (χ0n) is 10.8. The summed E-state index contributed by atoms with van der Waals surface area (Å²) >= 11 is 1.35. The van der Waals surface area contributed by atoms with E-state index in [0.29, 0.717) is 23.5 Å². The number of thiophene rings is 1. The highest BCUT2D eigenvalue weighted by Gasteiger charge is 2.25. The fourth-order valence-corrected chi connectivity index (χ4v) is 2.98. The molecule has 6 heteroatoms. The summed E-state index contributed by atoms with van der Waals surface area (Å²) in [7, 11) is 0. The van der Waals surface area contributed by atoms with E-state index in [-0.39, 0.29) is 17.9 Å². The normalized spacial score (nSPS) is 23.8. The van der Waals surface area contributed by atoms with Crippen molar-refractivity contribution < 1.29 is 9.90 Å². The Bertz CT molecular complexity index is 494. The minimum Gasteiger partial charge on any atom is -0.393 e. The third kappa shape index (κ3) is 3.53. The molecule has 1 fully saturated rings. The molecule has 1 aromatic heterocycles. The summed E-state index contributed by atoms with van der Waals surface area (Å²) in [5.41, 5.74) is 0.501. The minimum absolute atomic E-state index is 0.109. The first-order valence-electron chi connectivity index (χ1n) is 6.28. The van der Waals surface area contributed by atoms with E-state index in [0.717, 1.165) is 13.1 Å². The van der Waals surface area contributed by atoms with Gasteiger partial charge in [0, 0.05) is 13.1 Å². The van der Waals surface area contributed by atoms with Gasteiger partial charge in [0.1, 0.15) is 11.1 Å². The number of amides is 1. The van der Waals surface area contributed by atoms with Crippen LogP contribution in [0.15, 0.2) is 11.4 Å². The number of piperidine rings is 1. The number of rotatable bonds is 3. The highest BCUT2D eigenvalue weighted by atomic mass is 32.1. The maximum Gasteiger partial charge on any atom is 0.239 e. The van der Waals surface area contributed by atoms with Crippen LogP contribution in [0, 0.1) is 17.2 Å². The van der Waals surface area contributed by atoms with Crippen molar-refractivity contribution in [2.45, 2.75) is 19.4 Å². The molecular weight excluding hydrogens is 262 g/mol. The summed E-state index contributed by atoms with van der Waals surface area (Å²) in [6.45, 7) is 3.75. The van der Waals surface area contributed by atoms with Gasteiger partial charge in [0.25, 0.3) is 0 Å². The van der Waals surface area contributed by atoms with Gasteiger partial charge in [-0.15, -0.1) is 11.3 Å². The molecule has 0 saturated carbocycles. The molecule has 19 heavy (non-hydrogen) atoms. The number of likely N-dealkylation sites (tertiary alicyclic amines) is 1. The summed E-state index contributed by atoms with van der Waals surface area (Å²) in [6, 6.07) is 3.74. The van der Waals surface area contributed by atoms with Crippen LogP contribution in [0.4, 0.5) is 5.00 Å². The molecule has 5 nitrogen and oxygen atoms in total. The van der Waals surface area contributed by atoms with Gasteiger partial charge in [0.05, 0.1) is 18.2 Å². The quantitative estimate of drug-likeness (QED) is 0.873. The Hall–Kier alpha value is -1.42. The van der Waals surface area contributed by atoms with Crippen molar-refractivity contribution in [2.24, 2.45) is 5.92 Å². The van der Waals surface area contributed by atoms with Crippen molar-refractivity contribution in [1.29, 1.82) is 5.26 Å². The maximum atomic E-state index is 11.9. The van der Waals surface area contributed by atoms with Crippen molar-refractivity contribution in [3.05, 3.63) is 17.0 Å². The lowest BCUT2D eigenvalue weighted by Gasteiger charge is -2.33. The molecule has 0 bridgehead atoms. The highest BCUT2D eigenvalue weighted by Crippen LogP contribution is 2.22. The number of hydrogen-bond acceptors (Lipinski definition) is 5. The number of carbonyl (C=O) groups is 1. The van der Waals surface area contributed by atoms with Crippen LogP contribution in [0.3, 0.4) is 0 Å². The first kappa shape index (κ1) is 14.0. The predicted octanol–water partition coefficient (Wildman–Crippen LogP) is 1.26. The van der Waals surface area contributed by atoms with E-state index >= 15 is 0 Å². The van der Waals surface area contributed by atoms with Gasteiger partial charge in [-0.1, -0.05) is 6.92 Å². The standard InChI is InChI=1S/C13H17N3O2S/c1-9-7-16(4-2-11(9)17)8-12(18)15-13-10(6-14)3-5-19-13/h3,5,9,11,17H,2,4,7-8H2,1H3,(H,15,18). The molecule has 102 valence electrons. The molecule has 1 saturated heterocycles. The lowest BCUT2D eigenvalue weighted by atomic mass is 9.97. The van der Waals surface area contributed by atoms with Gasteiger partial charge < -0.3 is 10.4 Å². The van der Waals surface area contributed by atoms with E-state index in [1.54, 1.807) is 11.4 Å². The van der Waals surface area contributed by atoms with E-state index in [1.165, 1.54) is 11.3 Å². The molecule has 2 atom stereocenters. The molecule has 2 unspecified atom stereocenters. The SMILES string of the molecule is CC1CN(CC(=O)Nc2sccc2C#N)CCC1O. The number of nitriles is 1. The number of anilines is 1. The molecule has 1 amide bonds. The van der Waals surface area contributed by atoms with Crippen LogP contribution in [-0.4, -0.2) is 41.7 Å². The molecular formula is C13H17N3O2S. The van der Waals surface area contributed by atoms with Gasteiger partial charge in [0.15, 0.2) is 0 Å². The van der Waals surface area contributed by atoms with Gasteiger partial charge in [0.2, 0.25) is 5.91 Å². The predicted molar refractivity (Wildman–Crippen MR) is 73.9 cm³/mol. The Morgan fingerprint density at radius 2 is 2.53 bits per heavy atom. The molecule has 1 aromatic rings. The summed E-state index contributed by atoms with van der Waals surface area (Å²) < 4.78 is 0. The van der Waals surface area contributed by atoms with Gasteiger partial charge in [-0.3, -0.25) is 9.69 Å². The van der Waals surface area contributed by atoms with Gasteiger partial charge in [-0.25, -0.2) is 0 Å². The molecule has 2 N–H and O–H groups in total. The summed E-state index contributed by atoms with van der Waals surface area (Å²) in [5, 5.41) is 23.7. The van der Waals surface area contributed by atoms with Crippen LogP contribution in [0.1, 0.15) is 18.9 Å². The van der Waals surface area contributed by atoms with Crippen molar-refractivity contribution in [3.63, 3.8) is 0 Å². The second-order valence-electron chi connectivity index (χ2n) is 4.89. The van der Waals surface area contributed by atoms with E-state index in [2.05, 4.69) is 5.32 Å². The minimum atomic E-state index is -0.262. The molecule has 2 heterocycles. The fourth-order valence-electron chi connectivity index (χ4n) is 2.23. The fraction of sp³-hybridized carbons (Fsp3) is 0.538. The van der Waals surface area contributed by atoms with Crippen molar-refractivity contribution in [1.82, 2.24) is 4.90 Å². The maximum absolute atomic E-state index is 11.9. The number of nitrogens with zero attached hydrogens (tertiary/aromatic N) is 2. The largest absolute Gasteiger partial charge is 0.393 e. The van der Waals surface area contributed by atoms with Gasteiger partial charge >= 0.3 is 0 Å². The first-order valence-corrected chi connectivity index (χ1v) is 7.16. The molecule has 0 aromatic carbocycles. The number of hydrogen-bond donors (Lipinski definition) is 2. The zero-order chi connectivity index (χ0) is 13.8. The third-order valence-corrected chi connectivity index (χ3v) is 4.18. The smallest absolute Gasteiger partial charge is 0.239 e. The first-order chi connectivity index (χ1) is 9.10. The Labute approximate surface area is 116 Å². The Morgan fingerprint density at radius 1 is 1.74 bits per heavy atom. The summed E-state index contributed by atoms with van der Waals surface area (Å²) in [4.78, 5) is 14.0. The lowest BCUT2D eigenvalue weighted by molar-refractivity contribution is -0.118. The van der Waals surface area contributed by atoms with E-state index in [9.17, 15) is 9.90 Å². The number of aliphatic hydroxyl groups excluding tert-OH is 1. The third-order valence-electron chi connectivity index (χ3n) is 3.35. The molecule has 0 aliphatic carbocycles. The highest BCUT2D eigenvalue weighted by molar-refractivity contribution is 7.14. The van der Waals surface area contributed by atoms with Crippen LogP contribution < -0.4 is 5.32 Å². The number of nitrogens with one attached hydrogen (secondary N) is 1. The number of carbonyl (C=O) groups excluding carboxylic acids is 1. The van der Waals surface area contributed by atoms with Gasteiger partial charge in [-0.05, 0) is 23.8 Å². The second kappa shape index (κ2) is 6.15. The van der Waals surface area contributed by atoms with Crippen LogP contribution in [0.2, 0.25) is 0 Å². The molecule has 0 spiro atoms. The van der Waals surface area contributed by atoms with Crippen molar-refractivity contribution in [2.75, 3.05) is 25.0 Å². The topological polar surface area (TPSA) is 76.4 Å². The lowest BCUT2D eigenvalue weighted by Crippen LogP contribution is -2.45. The Kier molecular flexibility index (Phi) is 4.53. The van der Waals surface area contributed by atoms with Crippen LogP contribution in [0.5, 0.6) is 0 Å². The molecule has 0 radical (unpaired) electrons. The van der Waals surface area contributed by atoms with E-state index in [1.807, 2.05) is 17.9 Å². The Morgan fingerprint density at radius 3 is 3.21 bits per heavy atom. The Balaban J connectivity index is 1.87. The molecule has 2 rings (SSSR count). The second-order valence-corrected chi connectivity index (χ2v) is 5.81. The monoisotopic (exact) mass is 279 g/mol. The van der Waals surface area contributed by atoms with Crippen LogP contribution in [-0.2, 0) is 4.79 Å². The molecule has 1 aliphatic heterocycles. The van der Waals surface area contributed by atoms with Crippen LogP contribution in [0.25, 0.3) is 0 Å². The number of aliphatic hydroxyl groups is 1. The summed E-state index contributed by atoms with van der Waals surface area (Å²) in [5.74, 6) is 0.0838. The van der Waals surface area contributed by atoms with Crippen molar-refractivity contribution in [3.8, 4) is 6.07 Å². The van der Waals surface area contributed by atoms with Gasteiger partial charge in [-0.2, -0.15) is 5.26 Å². The van der Waals surface area contributed by atoms with Crippen LogP contribution >= 0.6 is 11.3 Å². The van der Waals surface area contributed by atoms with E-state index < -0.39 is 0 Å². The zero-order valence-corrected chi connectivity index (χ0v) is 11.6. The summed E-state index contributed by atoms with van der Waals surface area (Å²) in [6.07, 6.45) is 0.443. The molecule has 1 aliphatic rings. The van der Waals surface area contributed by atoms with E-state index in [4.69, 9.17) is 5.26 Å². The average Bonchev–Trinajstić information content (AvgIpc) is 2.81. The van der Waals surface area contributed by atoms with Crippen molar-refractivity contribution >= 4 is 22.2 Å². The average molecular weight is 279 g/mol.